The van der Waals surface area contributed by atoms with Crippen LogP contribution in [-0.4, -0.2) is 89.7 Å². The van der Waals surface area contributed by atoms with Crippen molar-refractivity contribution in [3.8, 4) is 22.6 Å². The predicted molar refractivity (Wildman–Crippen MR) is 151 cm³/mol. The highest BCUT2D eigenvalue weighted by Gasteiger charge is 2.64. The number of carbonyl (C=O) groups excluding carboxylic acids is 3. The summed E-state index contributed by atoms with van der Waals surface area (Å²) < 4.78 is 5.23. The normalized spacial score (nSPS) is 25.6. The Balaban J connectivity index is 1.76. The highest BCUT2D eigenvalue weighted by atomic mass is 16.5. The molecule has 2 aromatic rings. The number of nitrogens with two attached hydrogens (primary N) is 1. The lowest BCUT2D eigenvalue weighted by Gasteiger charge is -2.50. The number of fused-ring (bicyclic) bond motifs is 3. The first-order valence-electron chi connectivity index (χ1n) is 13.1. The summed E-state index contributed by atoms with van der Waals surface area (Å²) in [5, 5.41) is 46.0. The van der Waals surface area contributed by atoms with E-state index in [0.29, 0.717) is 28.1 Å². The molecule has 4 atom stereocenters. The summed E-state index contributed by atoms with van der Waals surface area (Å²) >= 11 is 0. The second-order valence-corrected chi connectivity index (χ2v) is 11.2. The average Bonchev–Trinajstić information content (AvgIpc) is 2.90. The fourth-order valence-corrected chi connectivity index (χ4v) is 6.68. The molecule has 11 nitrogen and oxygen atoms in total. The van der Waals surface area contributed by atoms with E-state index in [1.54, 1.807) is 44.4 Å². The summed E-state index contributed by atoms with van der Waals surface area (Å²) in [6, 6.07) is 7.64. The van der Waals surface area contributed by atoms with Gasteiger partial charge in [-0.2, -0.15) is 0 Å². The van der Waals surface area contributed by atoms with E-state index in [1.165, 1.54) is 12.0 Å². The molecule has 3 aliphatic rings. The molecule has 5 rings (SSSR count). The van der Waals surface area contributed by atoms with Crippen molar-refractivity contribution >= 4 is 28.9 Å². The van der Waals surface area contributed by atoms with Crippen molar-refractivity contribution < 1.29 is 39.5 Å². The number of carbonyl (C=O) groups is 3. The lowest BCUT2D eigenvalue weighted by Crippen LogP contribution is -2.65. The molecule has 0 bridgehead atoms. The first-order valence-corrected chi connectivity index (χ1v) is 13.1. The van der Waals surface area contributed by atoms with Gasteiger partial charge < -0.3 is 35.8 Å². The van der Waals surface area contributed by atoms with Gasteiger partial charge in [0.15, 0.2) is 11.4 Å². The zero-order valence-electron chi connectivity index (χ0n) is 23.4. The summed E-state index contributed by atoms with van der Waals surface area (Å²) in [5.74, 6) is -6.16. The summed E-state index contributed by atoms with van der Waals surface area (Å²) in [6.07, 6.45) is 0.234. The van der Waals surface area contributed by atoms with Crippen molar-refractivity contribution in [1.82, 2.24) is 4.90 Å². The van der Waals surface area contributed by atoms with E-state index in [4.69, 9.17) is 10.5 Å². The number of ketones is 2. The van der Waals surface area contributed by atoms with E-state index in [1.807, 2.05) is 19.0 Å². The molecule has 41 heavy (non-hydrogen) atoms. The minimum Gasteiger partial charge on any atom is -0.508 e. The maximum Gasteiger partial charge on any atom is 0.255 e. The van der Waals surface area contributed by atoms with Gasteiger partial charge in [0.05, 0.1) is 18.7 Å². The lowest BCUT2D eigenvalue weighted by molar-refractivity contribution is -0.153. The van der Waals surface area contributed by atoms with Gasteiger partial charge in [-0.05, 0) is 62.2 Å². The van der Waals surface area contributed by atoms with E-state index >= 15 is 0 Å². The SMILES string of the molecule is COc1ccc(-c2cc(N(C)C)c3c(c2O)C(O)=C2C(=O)C4(O)C(O)=C(C(N)=O)C(=O)C(N(C)C)C4CC2C3)cc1. The molecule has 1 saturated carbocycles. The van der Waals surface area contributed by atoms with E-state index in [-0.39, 0.29) is 29.7 Å². The molecule has 0 aliphatic heterocycles. The second kappa shape index (κ2) is 9.64. The van der Waals surface area contributed by atoms with Crippen molar-refractivity contribution in [3.63, 3.8) is 0 Å². The number of aromatic hydroxyl groups is 1. The van der Waals surface area contributed by atoms with Crippen LogP contribution in [0.4, 0.5) is 5.69 Å². The van der Waals surface area contributed by atoms with Crippen LogP contribution < -0.4 is 15.4 Å². The number of methoxy groups -OCH3 is 1. The zero-order valence-corrected chi connectivity index (χ0v) is 23.4. The van der Waals surface area contributed by atoms with E-state index in [2.05, 4.69) is 0 Å². The Morgan fingerprint density at radius 1 is 1.07 bits per heavy atom. The first kappa shape index (κ1) is 28.2. The summed E-state index contributed by atoms with van der Waals surface area (Å²) in [7, 11) is 8.31. The molecule has 3 aliphatic carbocycles. The molecule has 0 saturated heterocycles. The molecule has 0 aromatic heterocycles. The molecule has 11 heteroatoms. The second-order valence-electron chi connectivity index (χ2n) is 11.2. The minimum atomic E-state index is -2.68. The molecule has 1 amide bonds. The number of likely N-dealkylation sites (N-methyl/N-ethyl adjacent to an activating group) is 1. The maximum atomic E-state index is 14.1. The van der Waals surface area contributed by atoms with Crippen molar-refractivity contribution in [2.75, 3.05) is 40.2 Å². The molecule has 2 aromatic carbocycles. The molecule has 216 valence electrons. The Bertz CT molecular complexity index is 1560. The Labute approximate surface area is 236 Å². The van der Waals surface area contributed by atoms with Gasteiger partial charge in [0, 0.05) is 36.8 Å². The number of nitrogens with zero attached hydrogens (tertiary/aromatic N) is 2. The van der Waals surface area contributed by atoms with Crippen molar-refractivity contribution in [1.29, 1.82) is 0 Å². The van der Waals surface area contributed by atoms with Crippen LogP contribution in [0.25, 0.3) is 16.9 Å². The number of aliphatic hydroxyl groups excluding tert-OH is 2. The first-order chi connectivity index (χ1) is 19.2. The summed E-state index contributed by atoms with van der Waals surface area (Å²) in [5.41, 5.74) is 4.04. The van der Waals surface area contributed by atoms with Gasteiger partial charge in [-0.25, -0.2) is 0 Å². The quantitative estimate of drug-likeness (QED) is 0.337. The highest BCUT2D eigenvalue weighted by molar-refractivity contribution is 6.24. The monoisotopic (exact) mass is 563 g/mol. The zero-order chi connectivity index (χ0) is 30.1. The van der Waals surface area contributed by atoms with Crippen LogP contribution in [0, 0.1) is 11.8 Å². The third kappa shape index (κ3) is 3.91. The lowest BCUT2D eigenvalue weighted by atomic mass is 9.57. The molecule has 1 fully saturated rings. The van der Waals surface area contributed by atoms with Gasteiger partial charge in [0.25, 0.3) is 5.91 Å². The number of rotatable bonds is 5. The number of primary amides is 1. The number of Topliss-reactive ketones (excluding diaryl/α,β-unsaturated/α-hetero) is 2. The smallest absolute Gasteiger partial charge is 0.255 e. The highest BCUT2D eigenvalue weighted by Crippen LogP contribution is 2.54. The Kier molecular flexibility index (Phi) is 6.62. The molecular weight excluding hydrogens is 530 g/mol. The number of amides is 1. The molecule has 0 spiro atoms. The Morgan fingerprint density at radius 2 is 1.71 bits per heavy atom. The van der Waals surface area contributed by atoms with Crippen LogP contribution in [0.1, 0.15) is 17.5 Å². The molecule has 6 N–H and O–H groups in total. The van der Waals surface area contributed by atoms with Gasteiger partial charge in [-0.1, -0.05) is 12.1 Å². The molecule has 4 unspecified atom stereocenters. The fourth-order valence-electron chi connectivity index (χ4n) is 6.68. The molecule has 0 radical (unpaired) electrons. The standard InChI is InChI=1S/C30H33N3O8/c1-32(2)19-12-16(13-6-8-15(41-5)9-7-13)24(34)21-17(19)10-14-11-18-23(33(3)4)26(36)22(29(31)39)28(38)30(18,40)27(37)20(14)25(21)35/h6-9,12,14,18,23,34-35,38,40H,10-11H2,1-5H3,(H2,31,39). The number of aliphatic hydroxyl groups is 3. The number of hydrogen-bond acceptors (Lipinski definition) is 10. The minimum absolute atomic E-state index is 0.0274. The summed E-state index contributed by atoms with van der Waals surface area (Å²) in [4.78, 5) is 42.8. The molecule has 0 heterocycles. The number of phenolic OH excluding ortho intramolecular Hbond substituents is 1. The Hall–Kier alpha value is -4.35. The van der Waals surface area contributed by atoms with Crippen LogP contribution in [0.2, 0.25) is 0 Å². The number of phenols is 1. The van der Waals surface area contributed by atoms with Crippen molar-refractivity contribution in [3.05, 3.63) is 58.4 Å². The third-order valence-electron chi connectivity index (χ3n) is 8.58. The van der Waals surface area contributed by atoms with Crippen LogP contribution >= 0.6 is 0 Å². The third-order valence-corrected chi connectivity index (χ3v) is 8.58. The van der Waals surface area contributed by atoms with Crippen LogP contribution in [0.5, 0.6) is 11.5 Å². The van der Waals surface area contributed by atoms with Gasteiger partial charge in [0.2, 0.25) is 5.78 Å². The summed E-state index contributed by atoms with van der Waals surface area (Å²) in [6.45, 7) is 0. The van der Waals surface area contributed by atoms with Gasteiger partial charge >= 0.3 is 0 Å². The topological polar surface area (TPSA) is 174 Å². The van der Waals surface area contributed by atoms with Gasteiger partial charge in [-0.3, -0.25) is 19.3 Å². The average molecular weight is 564 g/mol. The van der Waals surface area contributed by atoms with Crippen LogP contribution in [0.15, 0.2) is 47.2 Å². The van der Waals surface area contributed by atoms with E-state index < -0.39 is 58.0 Å². The largest absolute Gasteiger partial charge is 0.508 e. The van der Waals surface area contributed by atoms with Crippen molar-refractivity contribution in [2.45, 2.75) is 24.5 Å². The van der Waals surface area contributed by atoms with Gasteiger partial charge in [0.1, 0.15) is 28.6 Å². The number of ether oxygens (including phenoxy) is 1. The van der Waals surface area contributed by atoms with Crippen LogP contribution in [-0.2, 0) is 20.8 Å². The fraction of sp³-hybridized carbons (Fsp3) is 0.367. The van der Waals surface area contributed by atoms with Gasteiger partial charge in [-0.15, -0.1) is 0 Å². The van der Waals surface area contributed by atoms with E-state index in [0.717, 1.165) is 0 Å². The Morgan fingerprint density at radius 3 is 2.24 bits per heavy atom. The van der Waals surface area contributed by atoms with Crippen LogP contribution in [0.3, 0.4) is 0 Å². The number of anilines is 1. The number of hydrogen-bond donors (Lipinski definition) is 5. The van der Waals surface area contributed by atoms with Crippen molar-refractivity contribution in [2.24, 2.45) is 17.6 Å². The molecular formula is C30H33N3O8. The van der Waals surface area contributed by atoms with E-state index in [9.17, 15) is 34.8 Å². The maximum absolute atomic E-state index is 14.1. The number of benzene rings is 2. The predicted octanol–water partition coefficient (Wildman–Crippen LogP) is 1.71.